The van der Waals surface area contributed by atoms with Gasteiger partial charge in [0.25, 0.3) is 0 Å². The largest absolute Gasteiger partial charge is 0.390 e. The summed E-state index contributed by atoms with van der Waals surface area (Å²) in [6.45, 7) is 0.651. The lowest BCUT2D eigenvalue weighted by Crippen LogP contribution is -2.39. The van der Waals surface area contributed by atoms with Crippen LogP contribution in [0.25, 0.3) is 11.3 Å². The average molecular weight is 464 g/mol. The van der Waals surface area contributed by atoms with E-state index in [0.717, 1.165) is 17.3 Å². The van der Waals surface area contributed by atoms with Gasteiger partial charge >= 0.3 is 0 Å². The van der Waals surface area contributed by atoms with Crippen molar-refractivity contribution >= 4 is 5.91 Å². The van der Waals surface area contributed by atoms with Crippen molar-refractivity contribution in [3.63, 3.8) is 0 Å². The van der Waals surface area contributed by atoms with Crippen molar-refractivity contribution in [2.75, 3.05) is 20.3 Å². The summed E-state index contributed by atoms with van der Waals surface area (Å²) < 4.78 is 35.2. The Balaban J connectivity index is 1.66. The number of halogens is 2. The predicted octanol–water partition coefficient (Wildman–Crippen LogP) is 2.74. The van der Waals surface area contributed by atoms with E-state index in [1.807, 2.05) is 6.07 Å². The molecule has 5 rings (SSSR count). The Hall–Kier alpha value is -3.61. The van der Waals surface area contributed by atoms with Gasteiger partial charge in [-0.3, -0.25) is 9.48 Å². The summed E-state index contributed by atoms with van der Waals surface area (Å²) >= 11 is 0. The second-order valence-corrected chi connectivity index (χ2v) is 8.58. The highest BCUT2D eigenvalue weighted by Crippen LogP contribution is 2.40. The van der Waals surface area contributed by atoms with Crippen molar-refractivity contribution in [2.45, 2.75) is 31.5 Å². The number of aliphatic hydroxyl groups excluding tert-OH is 1. The van der Waals surface area contributed by atoms with E-state index >= 15 is 0 Å². The van der Waals surface area contributed by atoms with E-state index in [1.54, 1.807) is 27.8 Å². The smallest absolute Gasteiger partial charge is 0.248 e. The Labute approximate surface area is 194 Å². The van der Waals surface area contributed by atoms with E-state index in [1.165, 1.54) is 13.2 Å². The Morgan fingerprint density at radius 3 is 2.88 bits per heavy atom. The summed E-state index contributed by atoms with van der Waals surface area (Å²) in [6, 6.07) is 10.4. The second-order valence-electron chi connectivity index (χ2n) is 8.58. The zero-order valence-corrected chi connectivity index (χ0v) is 18.5. The maximum Gasteiger partial charge on any atom is 0.248 e. The number of nitrogens with zero attached hydrogens (tertiary/aromatic N) is 4. The van der Waals surface area contributed by atoms with E-state index in [-0.39, 0.29) is 31.0 Å². The molecule has 0 fully saturated rings. The van der Waals surface area contributed by atoms with E-state index in [2.05, 4.69) is 6.07 Å². The number of ether oxygens (including phenoxy) is 1. The van der Waals surface area contributed by atoms with Crippen LogP contribution in [0.15, 0.2) is 36.4 Å². The molecule has 0 saturated carbocycles. The molecule has 0 spiro atoms. The van der Waals surface area contributed by atoms with Crippen LogP contribution in [0.3, 0.4) is 0 Å². The minimum atomic E-state index is -0.984. The van der Waals surface area contributed by atoms with Gasteiger partial charge in [-0.1, -0.05) is 12.1 Å². The molecule has 2 unspecified atom stereocenters. The zero-order valence-electron chi connectivity index (χ0n) is 18.5. The lowest BCUT2D eigenvalue weighted by Gasteiger charge is -2.29. The fourth-order valence-electron chi connectivity index (χ4n) is 5.00. The summed E-state index contributed by atoms with van der Waals surface area (Å²) in [5, 5.41) is 25.0. The van der Waals surface area contributed by atoms with Crippen LogP contribution >= 0.6 is 0 Å². The number of aromatic nitrogens is 2. The van der Waals surface area contributed by atoms with Crippen LogP contribution in [-0.2, 0) is 28.9 Å². The molecule has 1 aliphatic heterocycles. The molecule has 174 valence electrons. The molecule has 0 radical (unpaired) electrons. The first kappa shape index (κ1) is 22.2. The highest BCUT2D eigenvalue weighted by Gasteiger charge is 2.39. The van der Waals surface area contributed by atoms with Crippen LogP contribution in [0.2, 0.25) is 0 Å². The topological polar surface area (TPSA) is 91.4 Å². The fourth-order valence-corrected chi connectivity index (χ4v) is 5.00. The van der Waals surface area contributed by atoms with E-state index < -0.39 is 23.8 Å². The third-order valence-electron chi connectivity index (χ3n) is 6.53. The van der Waals surface area contributed by atoms with Crippen molar-refractivity contribution in [1.82, 2.24) is 14.7 Å². The quantitative estimate of drug-likeness (QED) is 0.641. The minimum absolute atomic E-state index is 0.0456. The number of nitriles is 1. The van der Waals surface area contributed by atoms with Crippen molar-refractivity contribution < 1.29 is 23.4 Å². The van der Waals surface area contributed by atoms with Crippen LogP contribution in [-0.4, -0.2) is 52.1 Å². The summed E-state index contributed by atoms with van der Waals surface area (Å²) in [7, 11) is 1.46. The van der Waals surface area contributed by atoms with Gasteiger partial charge in [-0.2, -0.15) is 10.4 Å². The molecular formula is C25H22F2N4O3. The lowest BCUT2D eigenvalue weighted by atomic mass is 9.99. The molecule has 1 aromatic heterocycles. The Morgan fingerprint density at radius 1 is 1.29 bits per heavy atom. The van der Waals surface area contributed by atoms with Crippen molar-refractivity contribution in [3.8, 4) is 17.3 Å². The first-order valence-electron chi connectivity index (χ1n) is 10.9. The van der Waals surface area contributed by atoms with Gasteiger partial charge in [0.05, 0.1) is 23.4 Å². The number of carbonyl (C=O) groups is 1. The molecule has 2 aliphatic rings. The van der Waals surface area contributed by atoms with E-state index in [0.29, 0.717) is 35.3 Å². The molecule has 1 N–H and O–H groups in total. The third kappa shape index (κ3) is 3.65. The molecule has 9 heteroatoms. The fraction of sp³-hybridized carbons (Fsp3) is 0.320. The van der Waals surface area contributed by atoms with Gasteiger partial charge in [-0.05, 0) is 29.3 Å². The number of benzene rings is 2. The van der Waals surface area contributed by atoms with Crippen LogP contribution in [0.5, 0.6) is 0 Å². The van der Waals surface area contributed by atoms with Gasteiger partial charge in [0, 0.05) is 55.9 Å². The van der Waals surface area contributed by atoms with Gasteiger partial charge in [0.1, 0.15) is 24.3 Å². The van der Waals surface area contributed by atoms with E-state index in [4.69, 9.17) is 9.84 Å². The van der Waals surface area contributed by atoms with Gasteiger partial charge in [0.2, 0.25) is 5.91 Å². The van der Waals surface area contributed by atoms with Gasteiger partial charge in [0.15, 0.2) is 0 Å². The average Bonchev–Trinajstić information content (AvgIpc) is 3.36. The van der Waals surface area contributed by atoms with Crippen LogP contribution in [0.1, 0.15) is 34.0 Å². The number of hydrogen-bond donors (Lipinski definition) is 1. The monoisotopic (exact) mass is 464 g/mol. The Morgan fingerprint density at radius 2 is 2.12 bits per heavy atom. The van der Waals surface area contributed by atoms with Crippen molar-refractivity contribution in [3.05, 3.63) is 76.0 Å². The number of carbonyl (C=O) groups excluding carboxylic acids is 1. The number of aliphatic hydroxyl groups is 1. The predicted molar refractivity (Wildman–Crippen MR) is 118 cm³/mol. The molecule has 2 heterocycles. The summed E-state index contributed by atoms with van der Waals surface area (Å²) in [5.41, 5.74) is 3.94. The Kier molecular flexibility index (Phi) is 5.63. The van der Waals surface area contributed by atoms with Gasteiger partial charge < -0.3 is 14.7 Å². The summed E-state index contributed by atoms with van der Waals surface area (Å²) in [5.74, 6) is -1.56. The molecule has 2 aromatic carbocycles. The number of fused-ring (bicyclic) bond motifs is 2. The first-order chi connectivity index (χ1) is 16.4. The zero-order chi connectivity index (χ0) is 24.0. The SMILES string of the molecule is COCC(=O)N1CCc2c(c(-c3cccc(C#N)c3)nn2C2c3cc(F)cc(F)c3CC2O)C1. The lowest BCUT2D eigenvalue weighted by molar-refractivity contribution is -0.136. The first-order valence-corrected chi connectivity index (χ1v) is 10.9. The highest BCUT2D eigenvalue weighted by molar-refractivity contribution is 5.78. The van der Waals surface area contributed by atoms with Crippen molar-refractivity contribution in [2.24, 2.45) is 0 Å². The molecule has 1 amide bonds. The van der Waals surface area contributed by atoms with Gasteiger partial charge in [-0.15, -0.1) is 0 Å². The minimum Gasteiger partial charge on any atom is -0.390 e. The molecular weight excluding hydrogens is 442 g/mol. The van der Waals surface area contributed by atoms with Crippen molar-refractivity contribution in [1.29, 1.82) is 5.26 Å². The van der Waals surface area contributed by atoms with Gasteiger partial charge in [-0.25, -0.2) is 8.78 Å². The molecule has 1 aliphatic carbocycles. The molecule has 7 nitrogen and oxygen atoms in total. The number of rotatable bonds is 4. The second kappa shape index (κ2) is 8.63. The molecule has 0 bridgehead atoms. The van der Waals surface area contributed by atoms with Crippen LogP contribution < -0.4 is 0 Å². The molecule has 3 aromatic rings. The van der Waals surface area contributed by atoms with E-state index in [9.17, 15) is 23.9 Å². The maximum atomic E-state index is 14.5. The molecule has 2 atom stereocenters. The standard InChI is InChI=1S/C25H22F2N4O3/c1-34-13-23(33)30-6-5-21-19(12-30)24(15-4-2-3-14(7-15)11-28)29-31(21)25-18-8-16(26)9-20(27)17(18)10-22(25)32/h2-4,7-9,22,25,32H,5-6,10,12-13H2,1H3. The number of amides is 1. The normalized spacial score (nSPS) is 19.0. The third-order valence-corrected chi connectivity index (χ3v) is 6.53. The summed E-state index contributed by atoms with van der Waals surface area (Å²) in [6.07, 6.45) is -0.480. The van der Waals surface area contributed by atoms with Crippen LogP contribution in [0, 0.1) is 23.0 Å². The molecule has 0 saturated heterocycles. The number of hydrogen-bond acceptors (Lipinski definition) is 5. The Bertz CT molecular complexity index is 1330. The highest BCUT2D eigenvalue weighted by atomic mass is 19.1. The maximum absolute atomic E-state index is 14.5. The molecule has 34 heavy (non-hydrogen) atoms. The summed E-state index contributed by atoms with van der Waals surface area (Å²) in [4.78, 5) is 14.2. The van der Waals surface area contributed by atoms with Crippen LogP contribution in [0.4, 0.5) is 8.78 Å². The number of methoxy groups -OCH3 is 1.